The summed E-state index contributed by atoms with van der Waals surface area (Å²) in [4.78, 5) is 28.7. The van der Waals surface area contributed by atoms with E-state index in [1.54, 1.807) is 4.90 Å². The number of nitrogens with one attached hydrogen (secondary N) is 1. The highest BCUT2D eigenvalue weighted by molar-refractivity contribution is 5.95. The molecule has 2 aliphatic rings. The molecule has 0 atom stereocenters. The predicted octanol–water partition coefficient (Wildman–Crippen LogP) is 0.728. The fourth-order valence-corrected chi connectivity index (χ4v) is 3.29. The Bertz CT molecular complexity index is 790. The third-order valence-corrected chi connectivity index (χ3v) is 4.64. The maximum atomic E-state index is 12.8. The summed E-state index contributed by atoms with van der Waals surface area (Å²) in [5.74, 6) is 0.722. The van der Waals surface area contributed by atoms with Crippen molar-refractivity contribution in [3.8, 4) is 5.75 Å². The predicted molar refractivity (Wildman–Crippen MR) is 88.4 cm³/mol. The number of rotatable bonds is 2. The van der Waals surface area contributed by atoms with E-state index in [-0.39, 0.29) is 11.8 Å². The summed E-state index contributed by atoms with van der Waals surface area (Å²) < 4.78 is 5.49. The molecule has 0 radical (unpaired) electrons. The highest BCUT2D eigenvalue weighted by Crippen LogP contribution is 2.26. The molecule has 1 saturated heterocycles. The summed E-state index contributed by atoms with van der Waals surface area (Å²) in [7, 11) is 0. The first-order valence-electron chi connectivity index (χ1n) is 8.42. The first-order valence-corrected chi connectivity index (χ1v) is 8.42. The molecule has 25 heavy (non-hydrogen) atoms. The highest BCUT2D eigenvalue weighted by atomic mass is 16.5. The molecule has 0 aliphatic carbocycles. The van der Waals surface area contributed by atoms with Crippen LogP contribution in [0.25, 0.3) is 0 Å². The average Bonchev–Trinajstić information content (AvgIpc) is 3.27. The lowest BCUT2D eigenvalue weighted by Gasteiger charge is -2.22. The molecule has 2 aromatic rings. The minimum absolute atomic E-state index is 0.00503. The fraction of sp³-hybridized carbons (Fsp3) is 0.412. The van der Waals surface area contributed by atoms with E-state index in [0.717, 1.165) is 24.2 Å². The molecule has 0 saturated carbocycles. The van der Waals surface area contributed by atoms with Crippen LogP contribution in [0.2, 0.25) is 0 Å². The largest absolute Gasteiger partial charge is 0.493 e. The third kappa shape index (κ3) is 3.07. The molecule has 0 bridgehead atoms. The van der Waals surface area contributed by atoms with E-state index >= 15 is 0 Å². The monoisotopic (exact) mass is 341 g/mol. The number of aromatic amines is 1. The Balaban J connectivity index is 1.44. The number of hydrogen-bond donors (Lipinski definition) is 1. The number of amides is 2. The summed E-state index contributed by atoms with van der Waals surface area (Å²) in [5.41, 5.74) is 2.07. The first-order chi connectivity index (χ1) is 12.2. The van der Waals surface area contributed by atoms with Crippen LogP contribution >= 0.6 is 0 Å². The third-order valence-electron chi connectivity index (χ3n) is 4.64. The molecule has 1 aromatic heterocycles. The standard InChI is InChI=1S/C17H19N5O3/c23-16(13-2-3-15-12(10-13)4-9-25-15)21-5-1-6-22(8-7-21)17(24)14-11-18-20-19-14/h2-3,10-11H,1,4-9H2,(H,18,19,20). The van der Waals surface area contributed by atoms with Crippen molar-refractivity contribution in [1.82, 2.24) is 25.2 Å². The van der Waals surface area contributed by atoms with Gasteiger partial charge in [-0.25, -0.2) is 0 Å². The van der Waals surface area contributed by atoms with Crippen molar-refractivity contribution < 1.29 is 14.3 Å². The van der Waals surface area contributed by atoms with Crippen molar-refractivity contribution in [3.63, 3.8) is 0 Å². The topological polar surface area (TPSA) is 91.4 Å². The Morgan fingerprint density at radius 2 is 1.88 bits per heavy atom. The Kier molecular flexibility index (Phi) is 4.09. The lowest BCUT2D eigenvalue weighted by Crippen LogP contribution is -2.37. The maximum Gasteiger partial charge on any atom is 0.276 e. The Morgan fingerprint density at radius 1 is 1.08 bits per heavy atom. The van der Waals surface area contributed by atoms with Crippen molar-refractivity contribution in [1.29, 1.82) is 0 Å². The summed E-state index contributed by atoms with van der Waals surface area (Å²) in [5, 5.41) is 9.96. The minimum atomic E-state index is -0.155. The van der Waals surface area contributed by atoms with E-state index in [0.29, 0.717) is 44.0 Å². The van der Waals surface area contributed by atoms with Crippen LogP contribution in [-0.2, 0) is 6.42 Å². The molecule has 0 unspecified atom stereocenters. The van der Waals surface area contributed by atoms with Crippen LogP contribution in [-0.4, -0.2) is 69.8 Å². The van der Waals surface area contributed by atoms with Crippen LogP contribution in [0.3, 0.4) is 0 Å². The smallest absolute Gasteiger partial charge is 0.276 e. The van der Waals surface area contributed by atoms with Gasteiger partial charge in [0.05, 0.1) is 12.8 Å². The number of nitrogens with zero attached hydrogens (tertiary/aromatic N) is 4. The van der Waals surface area contributed by atoms with Gasteiger partial charge in [0.1, 0.15) is 5.75 Å². The molecule has 0 spiro atoms. The van der Waals surface area contributed by atoms with E-state index in [2.05, 4.69) is 15.4 Å². The summed E-state index contributed by atoms with van der Waals surface area (Å²) in [6.07, 6.45) is 3.00. The van der Waals surface area contributed by atoms with E-state index in [9.17, 15) is 9.59 Å². The van der Waals surface area contributed by atoms with E-state index in [1.807, 2.05) is 23.1 Å². The van der Waals surface area contributed by atoms with Gasteiger partial charge in [0.2, 0.25) is 0 Å². The van der Waals surface area contributed by atoms with Crippen LogP contribution in [0.4, 0.5) is 0 Å². The highest BCUT2D eigenvalue weighted by Gasteiger charge is 2.25. The van der Waals surface area contributed by atoms with Gasteiger partial charge < -0.3 is 14.5 Å². The van der Waals surface area contributed by atoms with Crippen molar-refractivity contribution in [3.05, 3.63) is 41.2 Å². The average molecular weight is 341 g/mol. The summed E-state index contributed by atoms with van der Waals surface area (Å²) >= 11 is 0. The number of hydrogen-bond acceptors (Lipinski definition) is 5. The van der Waals surface area contributed by atoms with Gasteiger partial charge in [-0.2, -0.15) is 15.4 Å². The van der Waals surface area contributed by atoms with Gasteiger partial charge in [0, 0.05) is 38.2 Å². The van der Waals surface area contributed by atoms with Crippen molar-refractivity contribution in [2.24, 2.45) is 0 Å². The zero-order valence-corrected chi connectivity index (χ0v) is 13.8. The second-order valence-electron chi connectivity index (χ2n) is 6.21. The molecule has 1 aromatic carbocycles. The Labute approximate surface area is 144 Å². The molecule has 2 aliphatic heterocycles. The number of benzene rings is 1. The van der Waals surface area contributed by atoms with Gasteiger partial charge in [-0.1, -0.05) is 0 Å². The minimum Gasteiger partial charge on any atom is -0.493 e. The zero-order valence-electron chi connectivity index (χ0n) is 13.8. The number of ether oxygens (including phenoxy) is 1. The van der Waals surface area contributed by atoms with Crippen molar-refractivity contribution in [2.45, 2.75) is 12.8 Å². The summed E-state index contributed by atoms with van der Waals surface area (Å²) in [6.45, 7) is 2.92. The van der Waals surface area contributed by atoms with Crippen LogP contribution in [0.15, 0.2) is 24.4 Å². The molecule has 2 amide bonds. The Hall–Kier alpha value is -2.90. The molecule has 8 heteroatoms. The number of carbonyl (C=O) groups is 2. The molecule has 130 valence electrons. The molecule has 4 rings (SSSR count). The van der Waals surface area contributed by atoms with Gasteiger partial charge in [-0.15, -0.1) is 0 Å². The molecule has 3 heterocycles. The normalized spacial score (nSPS) is 17.0. The molecule has 1 N–H and O–H groups in total. The van der Waals surface area contributed by atoms with Gasteiger partial charge >= 0.3 is 0 Å². The molecule has 1 fully saturated rings. The van der Waals surface area contributed by atoms with E-state index in [1.165, 1.54) is 6.20 Å². The number of H-pyrrole nitrogens is 1. The van der Waals surface area contributed by atoms with Gasteiger partial charge in [-0.05, 0) is 30.2 Å². The molecular formula is C17H19N5O3. The lowest BCUT2D eigenvalue weighted by molar-refractivity contribution is 0.0715. The second-order valence-corrected chi connectivity index (χ2v) is 6.21. The summed E-state index contributed by atoms with van der Waals surface area (Å²) in [6, 6.07) is 5.61. The fourth-order valence-electron chi connectivity index (χ4n) is 3.29. The number of aromatic nitrogens is 3. The molecular weight excluding hydrogens is 322 g/mol. The van der Waals surface area contributed by atoms with Crippen LogP contribution in [0.1, 0.15) is 32.8 Å². The van der Waals surface area contributed by atoms with E-state index in [4.69, 9.17) is 4.74 Å². The Morgan fingerprint density at radius 3 is 2.64 bits per heavy atom. The van der Waals surface area contributed by atoms with Crippen LogP contribution in [0.5, 0.6) is 5.75 Å². The number of carbonyl (C=O) groups excluding carboxylic acids is 2. The zero-order chi connectivity index (χ0) is 17.2. The van der Waals surface area contributed by atoms with Gasteiger partial charge in [-0.3, -0.25) is 9.59 Å². The lowest BCUT2D eigenvalue weighted by atomic mass is 10.1. The maximum absolute atomic E-state index is 12.8. The van der Waals surface area contributed by atoms with Crippen LogP contribution < -0.4 is 4.74 Å². The van der Waals surface area contributed by atoms with Crippen molar-refractivity contribution in [2.75, 3.05) is 32.8 Å². The van der Waals surface area contributed by atoms with Gasteiger partial charge in [0.15, 0.2) is 5.69 Å². The second kappa shape index (κ2) is 6.54. The quantitative estimate of drug-likeness (QED) is 0.869. The SMILES string of the molecule is O=C(c1ccc2c(c1)CCO2)N1CCCN(C(=O)c2cn[nH]n2)CC1. The molecule has 8 nitrogen and oxygen atoms in total. The van der Waals surface area contributed by atoms with Crippen LogP contribution in [0, 0.1) is 0 Å². The van der Waals surface area contributed by atoms with Gasteiger partial charge in [0.25, 0.3) is 11.8 Å². The van der Waals surface area contributed by atoms with E-state index < -0.39 is 0 Å². The first kappa shape index (κ1) is 15.6. The number of fused-ring (bicyclic) bond motifs is 1. The van der Waals surface area contributed by atoms with Crippen molar-refractivity contribution >= 4 is 11.8 Å².